The van der Waals surface area contributed by atoms with Crippen LogP contribution in [-0.4, -0.2) is 0 Å². The monoisotopic (exact) mass is 350 g/mol. The summed E-state index contributed by atoms with van der Waals surface area (Å²) in [7, 11) is 0. The highest BCUT2D eigenvalue weighted by molar-refractivity contribution is 6.35. The van der Waals surface area contributed by atoms with Crippen LogP contribution in [0.3, 0.4) is 0 Å². The van der Waals surface area contributed by atoms with Gasteiger partial charge in [0.15, 0.2) is 0 Å². The standard InChI is InChI=1S/C18H13Cl3O/c1-2-11-5-6-15(9-16(11)20)22-10-13-7-14(19)8-17(21)18(13)12-3-4-12/h1,5-9,12H,3-4,10H2. The average Bonchev–Trinajstić information content (AvgIpc) is 3.29. The van der Waals surface area contributed by atoms with Crippen molar-refractivity contribution >= 4 is 34.8 Å². The summed E-state index contributed by atoms with van der Waals surface area (Å²) in [6, 6.07) is 9.01. The molecule has 1 fully saturated rings. The topological polar surface area (TPSA) is 9.23 Å². The summed E-state index contributed by atoms with van der Waals surface area (Å²) in [5, 5.41) is 1.84. The van der Waals surface area contributed by atoms with E-state index in [4.69, 9.17) is 46.0 Å². The van der Waals surface area contributed by atoms with Crippen molar-refractivity contribution in [3.05, 3.63) is 62.1 Å². The molecule has 1 saturated carbocycles. The Hall–Kier alpha value is -1.33. The molecule has 22 heavy (non-hydrogen) atoms. The van der Waals surface area contributed by atoms with Crippen LogP contribution < -0.4 is 4.74 Å². The van der Waals surface area contributed by atoms with E-state index in [0.29, 0.717) is 38.9 Å². The molecule has 0 heterocycles. The fraction of sp³-hybridized carbons (Fsp3) is 0.222. The highest BCUT2D eigenvalue weighted by Crippen LogP contribution is 2.46. The van der Waals surface area contributed by atoms with Crippen molar-refractivity contribution in [2.45, 2.75) is 25.4 Å². The minimum atomic E-state index is 0.401. The van der Waals surface area contributed by atoms with Crippen LogP contribution in [0.1, 0.15) is 35.4 Å². The first-order valence-corrected chi connectivity index (χ1v) is 8.08. The van der Waals surface area contributed by atoms with Crippen LogP contribution in [0.5, 0.6) is 5.75 Å². The lowest BCUT2D eigenvalue weighted by molar-refractivity contribution is 0.305. The molecule has 1 aliphatic carbocycles. The van der Waals surface area contributed by atoms with Crippen LogP contribution in [-0.2, 0) is 6.61 Å². The number of hydrogen-bond acceptors (Lipinski definition) is 1. The Morgan fingerprint density at radius 3 is 2.50 bits per heavy atom. The first kappa shape index (κ1) is 15.6. The van der Waals surface area contributed by atoms with Gasteiger partial charge in [-0.2, -0.15) is 0 Å². The lowest BCUT2D eigenvalue weighted by Gasteiger charge is -2.13. The quantitative estimate of drug-likeness (QED) is 0.606. The van der Waals surface area contributed by atoms with Gasteiger partial charge in [0.05, 0.1) is 5.02 Å². The van der Waals surface area contributed by atoms with E-state index in [1.807, 2.05) is 12.1 Å². The van der Waals surface area contributed by atoms with E-state index in [9.17, 15) is 0 Å². The first-order chi connectivity index (χ1) is 10.6. The van der Waals surface area contributed by atoms with Gasteiger partial charge in [0, 0.05) is 21.7 Å². The molecule has 112 valence electrons. The summed E-state index contributed by atoms with van der Waals surface area (Å²) in [4.78, 5) is 0. The second kappa shape index (κ2) is 6.42. The lowest BCUT2D eigenvalue weighted by Crippen LogP contribution is -2.01. The third-order valence-electron chi connectivity index (χ3n) is 3.66. The molecule has 2 aromatic rings. The van der Waals surface area contributed by atoms with E-state index < -0.39 is 0 Å². The van der Waals surface area contributed by atoms with Crippen molar-refractivity contribution < 1.29 is 4.74 Å². The van der Waals surface area contributed by atoms with Gasteiger partial charge in [0.2, 0.25) is 0 Å². The summed E-state index contributed by atoms with van der Waals surface area (Å²) < 4.78 is 5.83. The molecule has 0 spiro atoms. The second-order valence-electron chi connectivity index (χ2n) is 5.31. The molecule has 0 aliphatic heterocycles. The Morgan fingerprint density at radius 1 is 1.09 bits per heavy atom. The summed E-state index contributed by atoms with van der Waals surface area (Å²) in [5.41, 5.74) is 2.83. The molecule has 0 N–H and O–H groups in total. The second-order valence-corrected chi connectivity index (χ2v) is 6.56. The fourth-order valence-electron chi connectivity index (χ4n) is 2.45. The maximum atomic E-state index is 6.33. The van der Waals surface area contributed by atoms with Crippen LogP contribution in [0.4, 0.5) is 0 Å². The summed E-state index contributed by atoms with van der Waals surface area (Å²) in [6.07, 6.45) is 7.68. The van der Waals surface area contributed by atoms with Gasteiger partial charge < -0.3 is 4.74 Å². The van der Waals surface area contributed by atoms with Crippen LogP contribution in [0.2, 0.25) is 15.1 Å². The molecule has 0 unspecified atom stereocenters. The predicted octanol–water partition coefficient (Wildman–Crippen LogP) is 6.08. The fourth-order valence-corrected chi connectivity index (χ4v) is 3.37. The van der Waals surface area contributed by atoms with E-state index in [1.165, 1.54) is 0 Å². The average molecular weight is 352 g/mol. The summed E-state index contributed by atoms with van der Waals surface area (Å²) in [6.45, 7) is 0.401. The minimum Gasteiger partial charge on any atom is -0.489 e. The van der Waals surface area contributed by atoms with Gasteiger partial charge in [-0.3, -0.25) is 0 Å². The van der Waals surface area contributed by atoms with E-state index in [-0.39, 0.29) is 0 Å². The zero-order valence-corrected chi connectivity index (χ0v) is 14.0. The van der Waals surface area contributed by atoms with Gasteiger partial charge in [-0.05, 0) is 54.2 Å². The predicted molar refractivity (Wildman–Crippen MR) is 92.2 cm³/mol. The van der Waals surface area contributed by atoms with Gasteiger partial charge in [-0.25, -0.2) is 0 Å². The minimum absolute atomic E-state index is 0.401. The number of ether oxygens (including phenoxy) is 1. The first-order valence-electron chi connectivity index (χ1n) is 6.95. The zero-order valence-electron chi connectivity index (χ0n) is 11.7. The van der Waals surface area contributed by atoms with Gasteiger partial charge in [-0.1, -0.05) is 40.7 Å². The maximum Gasteiger partial charge on any atom is 0.121 e. The molecule has 3 rings (SSSR count). The largest absolute Gasteiger partial charge is 0.489 e. The molecular weight excluding hydrogens is 339 g/mol. The molecule has 2 aromatic carbocycles. The SMILES string of the molecule is C#Cc1ccc(OCc2cc(Cl)cc(Cl)c2C2CC2)cc1Cl. The van der Waals surface area contributed by atoms with Crippen molar-refractivity contribution in [3.63, 3.8) is 0 Å². The van der Waals surface area contributed by atoms with Crippen molar-refractivity contribution in [2.24, 2.45) is 0 Å². The number of benzene rings is 2. The molecule has 0 atom stereocenters. The Morgan fingerprint density at radius 2 is 1.86 bits per heavy atom. The highest BCUT2D eigenvalue weighted by Gasteiger charge is 2.28. The van der Waals surface area contributed by atoms with Crippen molar-refractivity contribution in [1.82, 2.24) is 0 Å². The Kier molecular flexibility index (Phi) is 4.54. The number of hydrogen-bond donors (Lipinski definition) is 0. The maximum absolute atomic E-state index is 6.33. The van der Waals surface area contributed by atoms with Gasteiger partial charge in [-0.15, -0.1) is 6.42 Å². The number of terminal acetylenes is 1. The van der Waals surface area contributed by atoms with Crippen LogP contribution in [0, 0.1) is 12.3 Å². The van der Waals surface area contributed by atoms with Crippen molar-refractivity contribution in [3.8, 4) is 18.1 Å². The molecule has 1 nitrogen and oxygen atoms in total. The molecule has 4 heteroatoms. The zero-order chi connectivity index (χ0) is 15.7. The van der Waals surface area contributed by atoms with E-state index in [1.54, 1.807) is 18.2 Å². The highest BCUT2D eigenvalue weighted by atomic mass is 35.5. The van der Waals surface area contributed by atoms with Crippen LogP contribution in [0.25, 0.3) is 0 Å². The van der Waals surface area contributed by atoms with Crippen LogP contribution >= 0.6 is 34.8 Å². The summed E-state index contributed by atoms with van der Waals surface area (Å²) >= 11 is 18.5. The molecule has 0 saturated heterocycles. The molecule has 0 bridgehead atoms. The molecule has 0 aromatic heterocycles. The van der Waals surface area contributed by atoms with Crippen LogP contribution in [0.15, 0.2) is 30.3 Å². The lowest BCUT2D eigenvalue weighted by atomic mass is 10.0. The number of halogens is 3. The Balaban J connectivity index is 1.82. The van der Waals surface area contributed by atoms with E-state index in [0.717, 1.165) is 24.0 Å². The smallest absolute Gasteiger partial charge is 0.121 e. The third-order valence-corrected chi connectivity index (χ3v) is 4.50. The Labute approximate surface area is 145 Å². The van der Waals surface area contributed by atoms with Crippen molar-refractivity contribution in [2.75, 3.05) is 0 Å². The van der Waals surface area contributed by atoms with Gasteiger partial charge in [0.1, 0.15) is 12.4 Å². The molecule has 0 radical (unpaired) electrons. The molecule has 1 aliphatic rings. The Bertz CT molecular complexity index is 758. The summed E-state index contributed by atoms with van der Waals surface area (Å²) in [5.74, 6) is 3.71. The third kappa shape index (κ3) is 3.36. The molecule has 0 amide bonds. The molecular formula is C18H13Cl3O. The van der Waals surface area contributed by atoms with E-state index in [2.05, 4.69) is 5.92 Å². The normalized spacial score (nSPS) is 13.7. The van der Waals surface area contributed by atoms with E-state index >= 15 is 0 Å². The van der Waals surface area contributed by atoms with Crippen molar-refractivity contribution in [1.29, 1.82) is 0 Å². The van der Waals surface area contributed by atoms with Gasteiger partial charge >= 0.3 is 0 Å². The van der Waals surface area contributed by atoms with Gasteiger partial charge in [0.25, 0.3) is 0 Å². The number of rotatable bonds is 4.